The van der Waals surface area contributed by atoms with E-state index >= 15 is 0 Å². The number of amides is 2. The number of fused-ring (bicyclic) bond motifs is 1. The van der Waals surface area contributed by atoms with E-state index < -0.39 is 0 Å². The monoisotopic (exact) mass is 473 g/mol. The van der Waals surface area contributed by atoms with Crippen molar-refractivity contribution >= 4 is 57.7 Å². The molecular formula is C23H21Cl2N3O2S. The number of pyridine rings is 1. The van der Waals surface area contributed by atoms with Crippen molar-refractivity contribution in [2.45, 2.75) is 30.5 Å². The number of carbonyl (C=O) groups excluding carboxylic acids is 2. The summed E-state index contributed by atoms with van der Waals surface area (Å²) in [5, 5.41) is 5.45. The van der Waals surface area contributed by atoms with Gasteiger partial charge in [-0.15, -0.1) is 0 Å². The van der Waals surface area contributed by atoms with Crippen molar-refractivity contribution in [2.24, 2.45) is 0 Å². The van der Waals surface area contributed by atoms with E-state index in [4.69, 9.17) is 23.2 Å². The lowest BCUT2D eigenvalue weighted by Gasteiger charge is -2.17. The summed E-state index contributed by atoms with van der Waals surface area (Å²) in [5.74, 6) is 0.0772. The summed E-state index contributed by atoms with van der Waals surface area (Å²) < 4.78 is 0. The molecule has 160 valence electrons. The van der Waals surface area contributed by atoms with E-state index in [0.29, 0.717) is 27.2 Å². The molecule has 0 radical (unpaired) electrons. The van der Waals surface area contributed by atoms with Crippen LogP contribution in [0.25, 0.3) is 10.9 Å². The molecule has 0 atom stereocenters. The van der Waals surface area contributed by atoms with Crippen molar-refractivity contribution in [2.75, 3.05) is 12.8 Å². The molecule has 2 aromatic carbocycles. The third-order valence-electron chi connectivity index (χ3n) is 5.02. The van der Waals surface area contributed by atoms with Gasteiger partial charge in [0, 0.05) is 25.0 Å². The van der Waals surface area contributed by atoms with Gasteiger partial charge in [0.15, 0.2) is 0 Å². The molecule has 5 nitrogen and oxygen atoms in total. The van der Waals surface area contributed by atoms with Crippen LogP contribution in [0.4, 0.5) is 0 Å². The molecule has 0 saturated heterocycles. The Bertz CT molecular complexity index is 1150. The number of aromatic nitrogens is 1. The van der Waals surface area contributed by atoms with Gasteiger partial charge in [-0.05, 0) is 42.7 Å². The quantitative estimate of drug-likeness (QED) is 0.479. The second kappa shape index (κ2) is 9.47. The molecule has 1 aliphatic rings. The van der Waals surface area contributed by atoms with Crippen molar-refractivity contribution in [1.82, 2.24) is 15.2 Å². The summed E-state index contributed by atoms with van der Waals surface area (Å²) in [6.45, 7) is 0.427. The van der Waals surface area contributed by atoms with Crippen LogP contribution < -0.4 is 5.32 Å². The predicted octanol–water partition coefficient (Wildman–Crippen LogP) is 5.18. The van der Waals surface area contributed by atoms with E-state index in [-0.39, 0.29) is 23.6 Å². The van der Waals surface area contributed by atoms with E-state index in [9.17, 15) is 9.59 Å². The van der Waals surface area contributed by atoms with Crippen molar-refractivity contribution in [1.29, 1.82) is 0 Å². The van der Waals surface area contributed by atoms with E-state index in [0.717, 1.165) is 29.3 Å². The van der Waals surface area contributed by atoms with Gasteiger partial charge in [0.1, 0.15) is 0 Å². The number of halogens is 2. The Labute approximate surface area is 195 Å². The topological polar surface area (TPSA) is 62.3 Å². The minimum Gasteiger partial charge on any atom is -0.349 e. The van der Waals surface area contributed by atoms with E-state index in [2.05, 4.69) is 10.3 Å². The van der Waals surface area contributed by atoms with Crippen molar-refractivity contribution in [3.63, 3.8) is 0 Å². The molecule has 0 aliphatic heterocycles. The normalized spacial score (nSPS) is 13.3. The number of nitrogens with zero attached hydrogens (tertiary/aromatic N) is 2. The molecule has 1 N–H and O–H groups in total. The highest BCUT2D eigenvalue weighted by Gasteiger charge is 2.25. The van der Waals surface area contributed by atoms with E-state index in [1.165, 1.54) is 11.8 Å². The van der Waals surface area contributed by atoms with Crippen LogP contribution in [0.1, 0.15) is 28.8 Å². The number of para-hydroxylation sites is 1. The highest BCUT2D eigenvalue weighted by atomic mass is 35.5. The average Bonchev–Trinajstić information content (AvgIpc) is 3.57. The number of carbonyl (C=O) groups is 2. The summed E-state index contributed by atoms with van der Waals surface area (Å²) in [5.41, 5.74) is 2.24. The minimum atomic E-state index is -0.0917. The Hall–Kier alpha value is -2.28. The van der Waals surface area contributed by atoms with Gasteiger partial charge in [0.2, 0.25) is 5.91 Å². The van der Waals surface area contributed by atoms with Gasteiger partial charge >= 0.3 is 0 Å². The molecule has 1 saturated carbocycles. The van der Waals surface area contributed by atoms with Crippen LogP contribution in [-0.4, -0.2) is 40.5 Å². The lowest BCUT2D eigenvalue weighted by Crippen LogP contribution is -2.28. The third-order valence-corrected chi connectivity index (χ3v) is 6.66. The molecular weight excluding hydrogens is 453 g/mol. The van der Waals surface area contributed by atoms with Gasteiger partial charge in [-0.1, -0.05) is 59.2 Å². The Morgan fingerprint density at radius 1 is 1.13 bits per heavy atom. The van der Waals surface area contributed by atoms with Crippen LogP contribution in [0.5, 0.6) is 0 Å². The zero-order valence-corrected chi connectivity index (χ0v) is 19.2. The molecule has 1 aromatic heterocycles. The molecule has 1 heterocycles. The number of benzene rings is 2. The summed E-state index contributed by atoms with van der Waals surface area (Å²) >= 11 is 13.3. The lowest BCUT2D eigenvalue weighted by molar-refractivity contribution is -0.127. The maximum Gasteiger partial charge on any atom is 0.252 e. The molecule has 1 aliphatic carbocycles. The maximum absolute atomic E-state index is 12.7. The van der Waals surface area contributed by atoms with Gasteiger partial charge in [0.05, 0.1) is 31.9 Å². The van der Waals surface area contributed by atoms with Crippen LogP contribution in [0.2, 0.25) is 10.0 Å². The highest BCUT2D eigenvalue weighted by molar-refractivity contribution is 7.99. The highest BCUT2D eigenvalue weighted by Crippen LogP contribution is 2.27. The second-order valence-corrected chi connectivity index (χ2v) is 9.37. The van der Waals surface area contributed by atoms with E-state index in [1.807, 2.05) is 30.3 Å². The Kier molecular flexibility index (Phi) is 6.70. The SMILES string of the molecule is CN(Cc1ccc(Cl)c(Cl)c1)C(=O)CSc1cc(C(=O)NC2CC2)c2ccccc2n1. The molecule has 0 bridgehead atoms. The third kappa shape index (κ3) is 5.50. The molecule has 4 rings (SSSR count). The number of hydrogen-bond acceptors (Lipinski definition) is 4. The fraction of sp³-hybridized carbons (Fsp3) is 0.261. The minimum absolute atomic E-state index is 0.0463. The number of hydrogen-bond donors (Lipinski definition) is 1. The summed E-state index contributed by atoms with van der Waals surface area (Å²) in [4.78, 5) is 31.6. The molecule has 8 heteroatoms. The summed E-state index contributed by atoms with van der Waals surface area (Å²) in [6.07, 6.45) is 2.05. The molecule has 2 amide bonds. The van der Waals surface area contributed by atoms with Crippen LogP contribution in [0.15, 0.2) is 53.6 Å². The van der Waals surface area contributed by atoms with Crippen LogP contribution in [0.3, 0.4) is 0 Å². The summed E-state index contributed by atoms with van der Waals surface area (Å²) in [7, 11) is 1.74. The summed E-state index contributed by atoms with van der Waals surface area (Å²) in [6, 6.07) is 14.9. The van der Waals surface area contributed by atoms with Gasteiger partial charge in [0.25, 0.3) is 5.91 Å². The van der Waals surface area contributed by atoms with E-state index in [1.54, 1.807) is 30.1 Å². The molecule has 1 fully saturated rings. The largest absolute Gasteiger partial charge is 0.349 e. The van der Waals surface area contributed by atoms with Gasteiger partial charge < -0.3 is 10.2 Å². The van der Waals surface area contributed by atoms with Crippen molar-refractivity contribution in [3.8, 4) is 0 Å². The van der Waals surface area contributed by atoms with Gasteiger partial charge in [-0.2, -0.15) is 0 Å². The lowest BCUT2D eigenvalue weighted by atomic mass is 10.1. The zero-order chi connectivity index (χ0) is 22.0. The first-order chi connectivity index (χ1) is 14.9. The predicted molar refractivity (Wildman–Crippen MR) is 126 cm³/mol. The molecule has 31 heavy (non-hydrogen) atoms. The number of nitrogens with one attached hydrogen (secondary N) is 1. The van der Waals surface area contributed by atoms with Crippen molar-refractivity contribution in [3.05, 3.63) is 69.7 Å². The van der Waals surface area contributed by atoms with Crippen LogP contribution in [0, 0.1) is 0 Å². The number of rotatable bonds is 7. The van der Waals surface area contributed by atoms with Crippen LogP contribution in [-0.2, 0) is 11.3 Å². The Balaban J connectivity index is 1.45. The molecule has 3 aromatic rings. The number of thioether (sulfide) groups is 1. The van der Waals surface area contributed by atoms with Crippen molar-refractivity contribution < 1.29 is 9.59 Å². The Morgan fingerprint density at radius 3 is 2.65 bits per heavy atom. The standard InChI is InChI=1S/C23H21Cl2N3O2S/c1-28(12-14-6-9-18(24)19(25)10-14)22(29)13-31-21-11-17(23(30)26-15-7-8-15)16-4-2-3-5-20(16)27-21/h2-6,9-11,15H,7-8,12-13H2,1H3,(H,26,30). The maximum atomic E-state index is 12.7. The first-order valence-electron chi connectivity index (χ1n) is 9.92. The second-order valence-electron chi connectivity index (χ2n) is 7.56. The van der Waals surface area contributed by atoms with Crippen LogP contribution >= 0.6 is 35.0 Å². The Morgan fingerprint density at radius 2 is 1.90 bits per heavy atom. The molecule has 0 spiro atoms. The van der Waals surface area contributed by atoms with Gasteiger partial charge in [-0.25, -0.2) is 4.98 Å². The fourth-order valence-electron chi connectivity index (χ4n) is 3.15. The average molecular weight is 474 g/mol. The first-order valence-corrected chi connectivity index (χ1v) is 11.7. The molecule has 0 unspecified atom stereocenters. The fourth-order valence-corrected chi connectivity index (χ4v) is 4.33. The van der Waals surface area contributed by atoms with Gasteiger partial charge in [-0.3, -0.25) is 9.59 Å². The smallest absolute Gasteiger partial charge is 0.252 e. The zero-order valence-electron chi connectivity index (χ0n) is 16.9. The first kappa shape index (κ1) is 21.9.